The number of hydrogen-bond acceptors (Lipinski definition) is 5. The zero-order chi connectivity index (χ0) is 18.0. The molecule has 0 unspecified atom stereocenters. The van der Waals surface area contributed by atoms with Crippen LogP contribution in [0.3, 0.4) is 0 Å². The molecule has 1 amide bonds. The molecule has 0 bridgehead atoms. The predicted molar refractivity (Wildman–Crippen MR) is 92.9 cm³/mol. The van der Waals surface area contributed by atoms with E-state index < -0.39 is 10.0 Å². The number of benzene rings is 1. The van der Waals surface area contributed by atoms with Crippen LogP contribution in [-0.4, -0.2) is 32.6 Å². The largest absolute Gasteiger partial charge is 0.361 e. The maximum Gasteiger partial charge on any atom is 0.240 e. The summed E-state index contributed by atoms with van der Waals surface area (Å²) in [5.41, 5.74) is 2.40. The molecule has 1 N–H and O–H groups in total. The molecule has 134 valence electrons. The second-order valence-corrected chi connectivity index (χ2v) is 7.91. The predicted octanol–water partition coefficient (Wildman–Crippen LogP) is 1.80. The van der Waals surface area contributed by atoms with Gasteiger partial charge in [0.05, 0.1) is 10.6 Å². The van der Waals surface area contributed by atoms with Crippen LogP contribution < -0.4 is 9.62 Å². The number of nitrogens with one attached hydrogen (secondary N) is 1. The number of fused-ring (bicyclic) bond motifs is 1. The van der Waals surface area contributed by atoms with E-state index in [2.05, 4.69) is 9.88 Å². The number of hydrogen-bond donors (Lipinski definition) is 1. The Morgan fingerprint density at radius 1 is 1.36 bits per heavy atom. The first-order chi connectivity index (χ1) is 11.9. The lowest BCUT2D eigenvalue weighted by molar-refractivity contribution is -0.116. The number of amides is 1. The molecule has 0 aliphatic carbocycles. The quantitative estimate of drug-likeness (QED) is 0.874. The van der Waals surface area contributed by atoms with E-state index in [0.717, 1.165) is 24.1 Å². The van der Waals surface area contributed by atoms with Crippen molar-refractivity contribution in [2.75, 3.05) is 18.0 Å². The van der Waals surface area contributed by atoms with E-state index in [9.17, 15) is 13.2 Å². The van der Waals surface area contributed by atoms with Gasteiger partial charge in [-0.1, -0.05) is 5.16 Å². The third-order valence-corrected chi connectivity index (χ3v) is 5.67. The van der Waals surface area contributed by atoms with Gasteiger partial charge in [-0.05, 0) is 43.5 Å². The summed E-state index contributed by atoms with van der Waals surface area (Å²) in [6.45, 7) is 4.22. The van der Waals surface area contributed by atoms with Gasteiger partial charge in [0, 0.05) is 38.2 Å². The van der Waals surface area contributed by atoms with Crippen molar-refractivity contribution in [2.24, 2.45) is 0 Å². The number of sulfonamides is 1. The summed E-state index contributed by atoms with van der Waals surface area (Å²) in [5.74, 6) is 0.667. The fourth-order valence-corrected chi connectivity index (χ4v) is 4.08. The molecule has 0 spiro atoms. The van der Waals surface area contributed by atoms with Crippen LogP contribution in [0.2, 0.25) is 0 Å². The van der Waals surface area contributed by atoms with Crippen LogP contribution in [0.25, 0.3) is 0 Å². The second kappa shape index (κ2) is 6.97. The van der Waals surface area contributed by atoms with Crippen molar-refractivity contribution in [1.29, 1.82) is 0 Å². The van der Waals surface area contributed by atoms with E-state index in [1.165, 1.54) is 6.92 Å². The second-order valence-electron chi connectivity index (χ2n) is 6.14. The van der Waals surface area contributed by atoms with Gasteiger partial charge in [0.1, 0.15) is 5.76 Å². The minimum Gasteiger partial charge on any atom is -0.361 e. The Balaban J connectivity index is 1.73. The van der Waals surface area contributed by atoms with Gasteiger partial charge in [-0.25, -0.2) is 13.1 Å². The molecule has 0 fully saturated rings. The van der Waals surface area contributed by atoms with E-state index in [0.29, 0.717) is 24.4 Å². The van der Waals surface area contributed by atoms with Gasteiger partial charge in [-0.3, -0.25) is 4.79 Å². The number of rotatable bonds is 5. The smallest absolute Gasteiger partial charge is 0.240 e. The van der Waals surface area contributed by atoms with Gasteiger partial charge in [-0.15, -0.1) is 0 Å². The molecule has 1 aromatic carbocycles. The summed E-state index contributed by atoms with van der Waals surface area (Å²) >= 11 is 0. The van der Waals surface area contributed by atoms with Crippen LogP contribution in [0.5, 0.6) is 0 Å². The van der Waals surface area contributed by atoms with E-state index >= 15 is 0 Å². The highest BCUT2D eigenvalue weighted by Gasteiger charge is 2.22. The SMILES string of the molecule is CC(=O)N1CCCc2cc(S(=O)(=O)NCCc3cc(C)on3)ccc21. The van der Waals surface area contributed by atoms with Crippen molar-refractivity contribution in [1.82, 2.24) is 9.88 Å². The van der Waals surface area contributed by atoms with E-state index in [1.807, 2.05) is 0 Å². The fourth-order valence-electron chi connectivity index (χ4n) is 3.00. The standard InChI is InChI=1S/C17H21N3O4S/c1-12-10-15(19-24-12)7-8-18-25(22,23)16-5-6-17-14(11-16)4-3-9-20(17)13(2)21/h5-6,10-11,18H,3-4,7-9H2,1-2H3. The molecule has 7 nitrogen and oxygen atoms in total. The fraction of sp³-hybridized carbons (Fsp3) is 0.412. The Morgan fingerprint density at radius 3 is 2.84 bits per heavy atom. The van der Waals surface area contributed by atoms with Crippen molar-refractivity contribution >= 4 is 21.6 Å². The molecule has 1 aliphatic rings. The van der Waals surface area contributed by atoms with Crippen molar-refractivity contribution in [2.45, 2.75) is 38.0 Å². The molecule has 2 heterocycles. The van der Waals surface area contributed by atoms with Gasteiger partial charge >= 0.3 is 0 Å². The Labute approximate surface area is 147 Å². The minimum atomic E-state index is -3.61. The summed E-state index contributed by atoms with van der Waals surface area (Å²) in [6.07, 6.45) is 2.05. The normalized spacial score (nSPS) is 14.4. The summed E-state index contributed by atoms with van der Waals surface area (Å²) in [6, 6.07) is 6.70. The Hall–Kier alpha value is -2.19. The highest BCUT2D eigenvalue weighted by molar-refractivity contribution is 7.89. The molecule has 0 saturated heterocycles. The summed E-state index contributed by atoms with van der Waals surface area (Å²) in [5, 5.41) is 3.84. The van der Waals surface area contributed by atoms with Crippen molar-refractivity contribution in [3.05, 3.63) is 41.3 Å². The molecule has 0 saturated carbocycles. The minimum absolute atomic E-state index is 0.0300. The van der Waals surface area contributed by atoms with Crippen molar-refractivity contribution in [3.63, 3.8) is 0 Å². The lowest BCUT2D eigenvalue weighted by Gasteiger charge is -2.28. The number of aromatic nitrogens is 1. The number of nitrogens with zero attached hydrogens (tertiary/aromatic N) is 2. The van der Waals surface area contributed by atoms with Crippen LogP contribution in [0.1, 0.15) is 30.4 Å². The summed E-state index contributed by atoms with van der Waals surface area (Å²) in [7, 11) is -3.61. The Morgan fingerprint density at radius 2 is 2.16 bits per heavy atom. The van der Waals surface area contributed by atoms with E-state index in [1.54, 1.807) is 36.1 Å². The molecule has 8 heteroatoms. The number of aryl methyl sites for hydroxylation is 2. The molecule has 2 aromatic rings. The third-order valence-electron chi connectivity index (χ3n) is 4.21. The van der Waals surface area contributed by atoms with Crippen LogP contribution in [0, 0.1) is 6.92 Å². The Kier molecular flexibility index (Phi) is 4.91. The van der Waals surface area contributed by atoms with Gasteiger partial charge in [0.2, 0.25) is 15.9 Å². The monoisotopic (exact) mass is 363 g/mol. The molecule has 0 atom stereocenters. The molecule has 1 aromatic heterocycles. The van der Waals surface area contributed by atoms with E-state index in [-0.39, 0.29) is 17.3 Å². The number of anilines is 1. The van der Waals surface area contributed by atoms with Crippen molar-refractivity contribution < 1.29 is 17.7 Å². The maximum atomic E-state index is 12.5. The van der Waals surface area contributed by atoms with Crippen LogP contribution in [-0.2, 0) is 27.7 Å². The first kappa shape index (κ1) is 17.6. The highest BCUT2D eigenvalue weighted by Crippen LogP contribution is 2.29. The first-order valence-electron chi connectivity index (χ1n) is 8.20. The molecule has 3 rings (SSSR count). The third kappa shape index (κ3) is 3.91. The number of carbonyl (C=O) groups is 1. The average Bonchev–Trinajstić information content (AvgIpc) is 2.98. The van der Waals surface area contributed by atoms with Gasteiger partial charge in [0.25, 0.3) is 0 Å². The lowest BCUT2D eigenvalue weighted by Crippen LogP contribution is -2.33. The highest BCUT2D eigenvalue weighted by atomic mass is 32.2. The van der Waals surface area contributed by atoms with Crippen LogP contribution >= 0.6 is 0 Å². The molecular weight excluding hydrogens is 342 g/mol. The first-order valence-corrected chi connectivity index (χ1v) is 9.68. The maximum absolute atomic E-state index is 12.5. The van der Waals surface area contributed by atoms with Crippen molar-refractivity contribution in [3.8, 4) is 0 Å². The summed E-state index contributed by atoms with van der Waals surface area (Å²) in [4.78, 5) is 13.6. The topological polar surface area (TPSA) is 92.5 Å². The van der Waals surface area contributed by atoms with Gasteiger partial charge in [0.15, 0.2) is 0 Å². The molecule has 0 radical (unpaired) electrons. The lowest BCUT2D eigenvalue weighted by atomic mass is 10.0. The van der Waals surface area contributed by atoms with Crippen LogP contribution in [0.15, 0.2) is 33.7 Å². The summed E-state index contributed by atoms with van der Waals surface area (Å²) < 4.78 is 32.5. The Bertz CT molecular complexity index is 889. The molecular formula is C17H21N3O4S. The zero-order valence-corrected chi connectivity index (χ0v) is 15.1. The average molecular weight is 363 g/mol. The van der Waals surface area contributed by atoms with Gasteiger partial charge in [-0.2, -0.15) is 0 Å². The molecule has 25 heavy (non-hydrogen) atoms. The van der Waals surface area contributed by atoms with Crippen LogP contribution in [0.4, 0.5) is 5.69 Å². The van der Waals surface area contributed by atoms with E-state index in [4.69, 9.17) is 4.52 Å². The van der Waals surface area contributed by atoms with Gasteiger partial charge < -0.3 is 9.42 Å². The number of carbonyl (C=O) groups excluding carboxylic acids is 1. The zero-order valence-electron chi connectivity index (χ0n) is 14.3. The molecule has 1 aliphatic heterocycles.